The molecule has 3 rings (SSSR count). The minimum Gasteiger partial charge on any atom is -0.370 e. The van der Waals surface area contributed by atoms with E-state index in [0.717, 1.165) is 10.1 Å². The number of rotatable bonds is 5. The van der Waals surface area contributed by atoms with E-state index in [1.165, 1.54) is 0 Å². The van der Waals surface area contributed by atoms with Crippen molar-refractivity contribution in [2.24, 2.45) is 0 Å². The van der Waals surface area contributed by atoms with Crippen LogP contribution in [0.25, 0.3) is 5.78 Å². The Kier molecular flexibility index (Phi) is 4.98. The summed E-state index contributed by atoms with van der Waals surface area (Å²) in [6.45, 7) is 2.09. The molecular weight excluding hydrogens is 361 g/mol. The predicted octanol–water partition coefficient (Wildman–Crippen LogP) is 2.47. The number of alkyl halides is 3. The van der Waals surface area contributed by atoms with Gasteiger partial charge in [0.25, 0.3) is 17.5 Å². The van der Waals surface area contributed by atoms with Gasteiger partial charge in [-0.2, -0.15) is 22.7 Å². The molecule has 0 atom stereocenters. The summed E-state index contributed by atoms with van der Waals surface area (Å²) in [6.07, 6.45) is -4.08. The second-order valence-corrected chi connectivity index (χ2v) is 5.88. The van der Waals surface area contributed by atoms with Gasteiger partial charge >= 0.3 is 6.18 Å². The highest BCUT2D eigenvalue weighted by Crippen LogP contribution is 2.27. The summed E-state index contributed by atoms with van der Waals surface area (Å²) >= 11 is 0. The van der Waals surface area contributed by atoms with Gasteiger partial charge in [-0.1, -0.05) is 12.1 Å². The molecule has 0 fully saturated rings. The van der Waals surface area contributed by atoms with E-state index >= 15 is 0 Å². The third-order valence-corrected chi connectivity index (χ3v) is 3.83. The van der Waals surface area contributed by atoms with Crippen LogP contribution in [-0.2, 0) is 12.6 Å². The Morgan fingerprint density at radius 3 is 2.70 bits per heavy atom. The van der Waals surface area contributed by atoms with Gasteiger partial charge < -0.3 is 10.6 Å². The second kappa shape index (κ2) is 7.22. The fourth-order valence-corrected chi connectivity index (χ4v) is 2.58. The smallest absolute Gasteiger partial charge is 0.370 e. The van der Waals surface area contributed by atoms with Gasteiger partial charge in [0.1, 0.15) is 5.82 Å². The van der Waals surface area contributed by atoms with Crippen LogP contribution >= 0.6 is 0 Å². The zero-order valence-electron chi connectivity index (χ0n) is 14.6. The van der Waals surface area contributed by atoms with Crippen molar-refractivity contribution in [3.8, 4) is 0 Å². The monoisotopic (exact) mass is 378 g/mol. The first-order chi connectivity index (χ1) is 12.8. The number of fused-ring (bicyclic) bond motifs is 1. The highest BCUT2D eigenvalue weighted by atomic mass is 19.4. The Balaban J connectivity index is 1.77. The number of amides is 1. The van der Waals surface area contributed by atoms with Crippen molar-refractivity contribution in [2.45, 2.75) is 19.5 Å². The van der Waals surface area contributed by atoms with Crippen molar-refractivity contribution in [3.05, 3.63) is 53.0 Å². The summed E-state index contributed by atoms with van der Waals surface area (Å²) in [5, 5.41) is 9.12. The van der Waals surface area contributed by atoms with Crippen LogP contribution in [0.3, 0.4) is 0 Å². The van der Waals surface area contributed by atoms with E-state index < -0.39 is 12.0 Å². The number of benzene rings is 1. The summed E-state index contributed by atoms with van der Waals surface area (Å²) in [4.78, 5) is 19.1. The minimum absolute atomic E-state index is 0.119. The normalized spacial score (nSPS) is 11.6. The van der Waals surface area contributed by atoms with Crippen LogP contribution in [0.2, 0.25) is 0 Å². The Hall–Kier alpha value is -3.17. The molecule has 0 saturated heterocycles. The number of anilines is 1. The zero-order valence-corrected chi connectivity index (χ0v) is 14.6. The van der Waals surface area contributed by atoms with E-state index in [-0.39, 0.29) is 11.7 Å². The van der Waals surface area contributed by atoms with Crippen molar-refractivity contribution >= 4 is 17.5 Å². The molecule has 2 heterocycles. The number of aryl methyl sites for hydroxylation is 1. The van der Waals surface area contributed by atoms with Crippen LogP contribution in [0.4, 0.5) is 19.0 Å². The average molecular weight is 378 g/mol. The molecule has 0 aliphatic heterocycles. The number of carbonyl (C=O) groups is 1. The number of hydrogen-bond acceptors (Lipinski definition) is 5. The van der Waals surface area contributed by atoms with Gasteiger partial charge in [-0.25, -0.2) is 4.98 Å². The quantitative estimate of drug-likeness (QED) is 0.713. The minimum atomic E-state index is -4.64. The van der Waals surface area contributed by atoms with Gasteiger partial charge in [0.05, 0.1) is 0 Å². The summed E-state index contributed by atoms with van der Waals surface area (Å²) in [6, 6.07) is 8.73. The van der Waals surface area contributed by atoms with Crippen molar-refractivity contribution < 1.29 is 18.0 Å². The predicted molar refractivity (Wildman–Crippen MR) is 92.5 cm³/mol. The van der Waals surface area contributed by atoms with Gasteiger partial charge in [-0.15, -0.1) is 5.10 Å². The molecule has 0 saturated carbocycles. The highest BCUT2D eigenvalue weighted by Gasteiger charge is 2.36. The van der Waals surface area contributed by atoms with Crippen molar-refractivity contribution in [1.29, 1.82) is 0 Å². The van der Waals surface area contributed by atoms with E-state index in [1.807, 2.05) is 6.07 Å². The van der Waals surface area contributed by atoms with Crippen LogP contribution in [0.15, 0.2) is 30.3 Å². The number of hydrogen-bond donors (Lipinski definition) is 2. The maximum absolute atomic E-state index is 12.8. The average Bonchev–Trinajstić information content (AvgIpc) is 3.05. The standard InChI is InChI=1S/C17H17F3N6O/c1-10-8-13(26-16(23-10)24-15(25-26)17(18,19)20)22-7-6-11-4-3-5-12(9-11)14(27)21-2/h3-5,8-9,22H,6-7H2,1-2H3,(H,21,27). The lowest BCUT2D eigenvalue weighted by Gasteiger charge is -2.09. The highest BCUT2D eigenvalue weighted by molar-refractivity contribution is 5.94. The topological polar surface area (TPSA) is 84.2 Å². The molecule has 1 amide bonds. The Bertz CT molecular complexity index is 982. The van der Waals surface area contributed by atoms with E-state index in [9.17, 15) is 18.0 Å². The Labute approximate surface area is 152 Å². The first-order valence-electron chi connectivity index (χ1n) is 8.14. The van der Waals surface area contributed by atoms with Crippen molar-refractivity contribution in [1.82, 2.24) is 24.9 Å². The largest absolute Gasteiger partial charge is 0.453 e. The van der Waals surface area contributed by atoms with E-state index in [1.54, 1.807) is 38.2 Å². The van der Waals surface area contributed by atoms with E-state index in [4.69, 9.17) is 0 Å². The lowest BCUT2D eigenvalue weighted by atomic mass is 10.1. The van der Waals surface area contributed by atoms with Crippen molar-refractivity contribution in [2.75, 3.05) is 18.9 Å². The molecule has 2 aromatic heterocycles. The second-order valence-electron chi connectivity index (χ2n) is 5.88. The fraction of sp³-hybridized carbons (Fsp3) is 0.294. The molecule has 1 aromatic carbocycles. The van der Waals surface area contributed by atoms with Gasteiger partial charge in [0.2, 0.25) is 0 Å². The van der Waals surface area contributed by atoms with Gasteiger partial charge in [-0.05, 0) is 31.0 Å². The van der Waals surface area contributed by atoms with Gasteiger partial charge in [0, 0.05) is 30.9 Å². The molecule has 0 bridgehead atoms. The summed E-state index contributed by atoms with van der Waals surface area (Å²) < 4.78 is 39.6. The van der Waals surface area contributed by atoms with Crippen LogP contribution in [0, 0.1) is 6.92 Å². The lowest BCUT2D eigenvalue weighted by molar-refractivity contribution is -0.144. The molecular formula is C17H17F3N6O. The van der Waals surface area contributed by atoms with Crippen molar-refractivity contribution in [3.63, 3.8) is 0 Å². The third-order valence-electron chi connectivity index (χ3n) is 3.83. The number of halogens is 3. The Morgan fingerprint density at radius 1 is 1.22 bits per heavy atom. The molecule has 27 heavy (non-hydrogen) atoms. The third kappa shape index (κ3) is 4.15. The molecule has 10 heteroatoms. The maximum Gasteiger partial charge on any atom is 0.453 e. The van der Waals surface area contributed by atoms with Crippen LogP contribution in [0.1, 0.15) is 27.4 Å². The zero-order chi connectivity index (χ0) is 19.6. The molecule has 0 aliphatic rings. The molecule has 0 unspecified atom stereocenters. The van der Waals surface area contributed by atoms with E-state index in [0.29, 0.717) is 30.0 Å². The number of nitrogens with one attached hydrogen (secondary N) is 2. The van der Waals surface area contributed by atoms with Gasteiger partial charge in [-0.3, -0.25) is 4.79 Å². The molecule has 0 aliphatic carbocycles. The van der Waals surface area contributed by atoms with Gasteiger partial charge in [0.15, 0.2) is 0 Å². The molecule has 0 spiro atoms. The summed E-state index contributed by atoms with van der Waals surface area (Å²) in [5.41, 5.74) is 1.98. The summed E-state index contributed by atoms with van der Waals surface area (Å²) in [7, 11) is 1.56. The molecule has 7 nitrogen and oxygen atoms in total. The van der Waals surface area contributed by atoms with E-state index in [2.05, 4.69) is 25.7 Å². The summed E-state index contributed by atoms with van der Waals surface area (Å²) in [5.74, 6) is -1.17. The molecule has 142 valence electrons. The SMILES string of the molecule is CNC(=O)c1cccc(CCNc2cc(C)nc3nc(C(F)(F)F)nn23)c1. The number of nitrogens with zero attached hydrogens (tertiary/aromatic N) is 4. The Morgan fingerprint density at radius 2 is 2.00 bits per heavy atom. The van der Waals surface area contributed by atoms with Crippen LogP contribution in [-0.4, -0.2) is 39.1 Å². The van der Waals surface area contributed by atoms with Crippen LogP contribution in [0.5, 0.6) is 0 Å². The fourth-order valence-electron chi connectivity index (χ4n) is 2.58. The first-order valence-corrected chi connectivity index (χ1v) is 8.14. The maximum atomic E-state index is 12.8. The number of aromatic nitrogens is 4. The molecule has 3 aromatic rings. The number of carbonyl (C=O) groups excluding carboxylic acids is 1. The molecule has 0 radical (unpaired) electrons. The van der Waals surface area contributed by atoms with Crippen LogP contribution < -0.4 is 10.6 Å². The lowest BCUT2D eigenvalue weighted by Crippen LogP contribution is -2.18. The molecule has 2 N–H and O–H groups in total. The first kappa shape index (κ1) is 18.6.